The van der Waals surface area contributed by atoms with Crippen molar-refractivity contribution in [3.05, 3.63) is 35.4 Å². The molecule has 1 amide bonds. The number of nitrogens with one attached hydrogen (secondary N) is 1. The van der Waals surface area contributed by atoms with Gasteiger partial charge in [0.05, 0.1) is 12.4 Å². The summed E-state index contributed by atoms with van der Waals surface area (Å²) in [7, 11) is -2.09. The zero-order chi connectivity index (χ0) is 19.3. The van der Waals surface area contributed by atoms with Gasteiger partial charge in [0.15, 0.2) is 0 Å². The lowest BCUT2D eigenvalue weighted by Gasteiger charge is -2.02. The number of carbonyl (C=O) groups is 1. The van der Waals surface area contributed by atoms with E-state index in [9.17, 15) is 18.5 Å². The Labute approximate surface area is 155 Å². The van der Waals surface area contributed by atoms with Crippen LogP contribution in [0.1, 0.15) is 19.4 Å². The van der Waals surface area contributed by atoms with E-state index in [2.05, 4.69) is 14.7 Å². The third-order valence-electron chi connectivity index (χ3n) is 3.29. The molecule has 0 radical (unpaired) electrons. The molecular formula is C16H16N4O4S2. The first-order chi connectivity index (χ1) is 12.3. The number of sulfone groups is 1. The van der Waals surface area contributed by atoms with Crippen LogP contribution in [0.15, 0.2) is 35.0 Å². The molecular weight excluding hydrogens is 376 g/mol. The van der Waals surface area contributed by atoms with Crippen LogP contribution in [0.3, 0.4) is 0 Å². The summed E-state index contributed by atoms with van der Waals surface area (Å²) in [6, 6.07) is 8.60. The van der Waals surface area contributed by atoms with Gasteiger partial charge in [-0.1, -0.05) is 12.1 Å². The fourth-order valence-corrected chi connectivity index (χ4v) is 3.46. The number of rotatable bonds is 6. The highest BCUT2D eigenvalue weighted by Crippen LogP contribution is 2.20. The van der Waals surface area contributed by atoms with Crippen LogP contribution in [0.5, 0.6) is 5.75 Å². The third kappa shape index (κ3) is 4.44. The topological polar surface area (TPSA) is 122 Å². The molecule has 0 aliphatic carbocycles. The second kappa shape index (κ2) is 8.07. The maximum atomic E-state index is 12.2. The maximum Gasteiger partial charge on any atom is 0.268 e. The van der Waals surface area contributed by atoms with E-state index in [1.165, 1.54) is 27.0 Å². The highest BCUT2D eigenvalue weighted by atomic mass is 32.2. The van der Waals surface area contributed by atoms with Gasteiger partial charge in [-0.05, 0) is 37.6 Å². The summed E-state index contributed by atoms with van der Waals surface area (Å²) in [6.07, 6.45) is 1.40. The predicted molar refractivity (Wildman–Crippen MR) is 97.4 cm³/mol. The summed E-state index contributed by atoms with van der Waals surface area (Å²) in [5.41, 5.74) is 0.483. The van der Waals surface area contributed by atoms with Gasteiger partial charge in [-0.25, -0.2) is 8.42 Å². The van der Waals surface area contributed by atoms with Crippen LogP contribution >= 0.6 is 11.5 Å². The van der Waals surface area contributed by atoms with Crippen LogP contribution in [0, 0.1) is 11.3 Å². The van der Waals surface area contributed by atoms with Crippen molar-refractivity contribution in [3.63, 3.8) is 0 Å². The van der Waals surface area contributed by atoms with Crippen LogP contribution in [0.4, 0.5) is 5.13 Å². The molecule has 2 rings (SSSR count). The second-order valence-electron chi connectivity index (χ2n) is 5.37. The normalized spacial score (nSPS) is 11.9. The predicted octanol–water partition coefficient (Wildman–Crippen LogP) is 2.27. The Morgan fingerprint density at radius 2 is 2.00 bits per heavy atom. The number of methoxy groups -OCH3 is 1. The minimum absolute atomic E-state index is 0.00473. The minimum atomic E-state index is -3.63. The summed E-state index contributed by atoms with van der Waals surface area (Å²) >= 11 is 0.736. The Balaban J connectivity index is 2.18. The number of aromatic nitrogens is 2. The van der Waals surface area contributed by atoms with E-state index in [0.29, 0.717) is 11.3 Å². The van der Waals surface area contributed by atoms with Gasteiger partial charge in [-0.15, -0.1) is 0 Å². The van der Waals surface area contributed by atoms with Crippen LogP contribution in [-0.4, -0.2) is 36.0 Å². The summed E-state index contributed by atoms with van der Waals surface area (Å²) in [4.78, 5) is 16.1. The van der Waals surface area contributed by atoms with Gasteiger partial charge < -0.3 is 4.74 Å². The van der Waals surface area contributed by atoms with Crippen molar-refractivity contribution < 1.29 is 17.9 Å². The standard InChI is InChI=1S/C16H16N4O4S2/c1-10(2)26(22,23)16-19-15(25-20-16)18-14(21)12(9-17)8-11-4-6-13(24-3)7-5-11/h4-8,10H,1-3H3,(H,18,19,20,21). The minimum Gasteiger partial charge on any atom is -0.497 e. The van der Waals surface area contributed by atoms with Crippen molar-refractivity contribution in [2.24, 2.45) is 0 Å². The van der Waals surface area contributed by atoms with Gasteiger partial charge in [0.1, 0.15) is 17.4 Å². The second-order valence-corrected chi connectivity index (χ2v) is 8.52. The number of ether oxygens (including phenoxy) is 1. The molecule has 136 valence electrons. The van der Waals surface area contributed by atoms with E-state index < -0.39 is 21.0 Å². The van der Waals surface area contributed by atoms with Gasteiger partial charge >= 0.3 is 0 Å². The lowest BCUT2D eigenvalue weighted by Crippen LogP contribution is -2.16. The Kier molecular flexibility index (Phi) is 6.07. The third-order valence-corrected chi connectivity index (χ3v) is 5.97. The highest BCUT2D eigenvalue weighted by molar-refractivity contribution is 7.91. The molecule has 1 N–H and O–H groups in total. The molecule has 0 unspecified atom stereocenters. The van der Waals surface area contributed by atoms with E-state index >= 15 is 0 Å². The zero-order valence-electron chi connectivity index (χ0n) is 14.3. The van der Waals surface area contributed by atoms with E-state index in [0.717, 1.165) is 11.5 Å². The Morgan fingerprint density at radius 3 is 2.54 bits per heavy atom. The Morgan fingerprint density at radius 1 is 1.35 bits per heavy atom. The fraction of sp³-hybridized carbons (Fsp3) is 0.250. The first-order valence-electron chi connectivity index (χ1n) is 7.42. The summed E-state index contributed by atoms with van der Waals surface area (Å²) in [5, 5.41) is 10.6. The van der Waals surface area contributed by atoms with Crippen molar-refractivity contribution in [2.45, 2.75) is 24.3 Å². The van der Waals surface area contributed by atoms with Crippen molar-refractivity contribution in [1.82, 2.24) is 9.36 Å². The monoisotopic (exact) mass is 392 g/mol. The van der Waals surface area contributed by atoms with Crippen molar-refractivity contribution in [1.29, 1.82) is 5.26 Å². The number of anilines is 1. The average molecular weight is 392 g/mol. The molecule has 0 bridgehead atoms. The summed E-state index contributed by atoms with van der Waals surface area (Å²) in [5.74, 6) is -0.0502. The van der Waals surface area contributed by atoms with Gasteiger partial charge in [0.25, 0.3) is 11.1 Å². The summed E-state index contributed by atoms with van der Waals surface area (Å²) < 4.78 is 32.8. The first-order valence-corrected chi connectivity index (χ1v) is 9.74. The lowest BCUT2D eigenvalue weighted by atomic mass is 10.1. The Hall–Kier alpha value is -2.77. The van der Waals surface area contributed by atoms with Crippen molar-refractivity contribution >= 4 is 38.5 Å². The molecule has 0 saturated carbocycles. The first kappa shape index (κ1) is 19.6. The zero-order valence-corrected chi connectivity index (χ0v) is 15.9. The molecule has 2 aromatic rings. The SMILES string of the molecule is COc1ccc(C=C(C#N)C(=O)Nc2nc(S(=O)(=O)C(C)C)ns2)cc1. The maximum absolute atomic E-state index is 12.2. The van der Waals surface area contributed by atoms with Gasteiger partial charge in [0.2, 0.25) is 15.0 Å². The van der Waals surface area contributed by atoms with E-state index in [1.54, 1.807) is 24.3 Å². The molecule has 0 fully saturated rings. The molecule has 0 atom stereocenters. The molecule has 1 heterocycles. The van der Waals surface area contributed by atoms with E-state index in [-0.39, 0.29) is 15.9 Å². The number of hydrogen-bond acceptors (Lipinski definition) is 8. The van der Waals surface area contributed by atoms with Crippen molar-refractivity contribution in [3.8, 4) is 11.8 Å². The molecule has 0 spiro atoms. The number of nitrogens with zero attached hydrogens (tertiary/aromatic N) is 3. The average Bonchev–Trinajstić information content (AvgIpc) is 3.09. The van der Waals surface area contributed by atoms with Gasteiger partial charge in [-0.2, -0.15) is 14.6 Å². The van der Waals surface area contributed by atoms with Crippen LogP contribution in [-0.2, 0) is 14.6 Å². The van der Waals surface area contributed by atoms with E-state index in [1.807, 2.05) is 6.07 Å². The molecule has 26 heavy (non-hydrogen) atoms. The number of amides is 1. The number of benzene rings is 1. The molecule has 0 aliphatic rings. The number of hydrogen-bond donors (Lipinski definition) is 1. The lowest BCUT2D eigenvalue weighted by molar-refractivity contribution is -0.112. The molecule has 0 saturated heterocycles. The van der Waals surface area contributed by atoms with Crippen molar-refractivity contribution in [2.75, 3.05) is 12.4 Å². The largest absolute Gasteiger partial charge is 0.497 e. The summed E-state index contributed by atoms with van der Waals surface area (Å²) in [6.45, 7) is 3.03. The van der Waals surface area contributed by atoms with Gasteiger partial charge in [-0.3, -0.25) is 10.1 Å². The van der Waals surface area contributed by atoms with Crippen LogP contribution in [0.2, 0.25) is 0 Å². The molecule has 1 aromatic heterocycles. The smallest absolute Gasteiger partial charge is 0.268 e. The molecule has 1 aromatic carbocycles. The van der Waals surface area contributed by atoms with Gasteiger partial charge in [0, 0.05) is 11.5 Å². The fourth-order valence-electron chi connectivity index (χ4n) is 1.77. The number of carbonyl (C=O) groups excluding carboxylic acids is 1. The Bertz CT molecular complexity index is 970. The molecule has 0 aliphatic heterocycles. The quantitative estimate of drug-likeness (QED) is 0.591. The highest BCUT2D eigenvalue weighted by Gasteiger charge is 2.25. The van der Waals surface area contributed by atoms with Crippen LogP contribution < -0.4 is 10.1 Å². The number of nitriles is 1. The van der Waals surface area contributed by atoms with Crippen LogP contribution in [0.25, 0.3) is 6.08 Å². The molecule has 10 heteroatoms. The molecule has 8 nitrogen and oxygen atoms in total. The van der Waals surface area contributed by atoms with E-state index in [4.69, 9.17) is 4.74 Å².